The van der Waals surface area contributed by atoms with Gasteiger partial charge in [-0.15, -0.1) is 0 Å². The maximum Gasteiger partial charge on any atom is 0.255 e. The number of carbonyl (C=O) groups is 2. The van der Waals surface area contributed by atoms with E-state index >= 15 is 0 Å². The van der Waals surface area contributed by atoms with Crippen LogP contribution < -0.4 is 4.90 Å². The molecule has 0 aliphatic carbocycles. The lowest BCUT2D eigenvalue weighted by atomic mass is 9.60. The van der Waals surface area contributed by atoms with Crippen LogP contribution in [0, 0.1) is 10.8 Å². The van der Waals surface area contributed by atoms with Crippen molar-refractivity contribution in [2.75, 3.05) is 44.7 Å². The first-order chi connectivity index (χ1) is 14.5. The van der Waals surface area contributed by atoms with E-state index in [9.17, 15) is 9.59 Å². The van der Waals surface area contributed by atoms with Gasteiger partial charge in [-0.25, -0.2) is 9.97 Å². The molecule has 8 heteroatoms. The smallest absolute Gasteiger partial charge is 0.255 e. The lowest BCUT2D eigenvalue weighted by Crippen LogP contribution is -2.53. The number of aromatic nitrogens is 3. The SMILES string of the molecule is CN1CC[C@@]2(CN(c3ncccn3)CC23CCN(C(=O)c2cccnc2)CC3)C1=O. The van der Waals surface area contributed by atoms with Gasteiger partial charge >= 0.3 is 0 Å². The number of pyridine rings is 1. The molecule has 3 aliphatic heterocycles. The quantitative estimate of drug-likeness (QED) is 0.751. The number of carbonyl (C=O) groups excluding carboxylic acids is 2. The van der Waals surface area contributed by atoms with Gasteiger partial charge in [0, 0.05) is 70.0 Å². The highest BCUT2D eigenvalue weighted by molar-refractivity contribution is 5.94. The van der Waals surface area contributed by atoms with Gasteiger partial charge in [-0.2, -0.15) is 0 Å². The Morgan fingerprint density at radius 1 is 1.00 bits per heavy atom. The fraction of sp³-hybridized carbons (Fsp3) is 0.500. The minimum atomic E-state index is -0.426. The van der Waals surface area contributed by atoms with Crippen molar-refractivity contribution < 1.29 is 9.59 Å². The van der Waals surface area contributed by atoms with Gasteiger partial charge in [0.2, 0.25) is 11.9 Å². The van der Waals surface area contributed by atoms with E-state index in [1.165, 1.54) is 0 Å². The van der Waals surface area contributed by atoms with Crippen LogP contribution in [-0.2, 0) is 4.79 Å². The zero-order valence-corrected chi connectivity index (χ0v) is 17.2. The van der Waals surface area contributed by atoms with Gasteiger partial charge in [-0.05, 0) is 37.5 Å². The largest absolute Gasteiger partial charge is 0.345 e. The molecular weight excluding hydrogens is 380 g/mol. The molecule has 30 heavy (non-hydrogen) atoms. The highest BCUT2D eigenvalue weighted by atomic mass is 16.2. The Labute approximate surface area is 175 Å². The summed E-state index contributed by atoms with van der Waals surface area (Å²) in [5, 5.41) is 0. The van der Waals surface area contributed by atoms with Crippen LogP contribution in [0.25, 0.3) is 0 Å². The van der Waals surface area contributed by atoms with E-state index in [4.69, 9.17) is 0 Å². The molecule has 2 aromatic rings. The predicted molar refractivity (Wildman–Crippen MR) is 111 cm³/mol. The molecule has 156 valence electrons. The maximum atomic E-state index is 13.4. The summed E-state index contributed by atoms with van der Waals surface area (Å²) >= 11 is 0. The number of rotatable bonds is 2. The third kappa shape index (κ3) is 2.77. The Kier molecular flexibility index (Phi) is 4.45. The third-order valence-electron chi connectivity index (χ3n) is 7.35. The number of likely N-dealkylation sites (tertiary alicyclic amines) is 2. The predicted octanol–water partition coefficient (Wildman–Crippen LogP) is 1.46. The molecule has 2 amide bonds. The Hall–Kier alpha value is -3.03. The van der Waals surface area contributed by atoms with E-state index < -0.39 is 5.41 Å². The molecule has 1 atom stereocenters. The molecule has 2 spiro atoms. The first-order valence-corrected chi connectivity index (χ1v) is 10.5. The van der Waals surface area contributed by atoms with Gasteiger partial charge in [0.05, 0.1) is 11.0 Å². The molecule has 0 aromatic carbocycles. The number of piperidine rings is 1. The fourth-order valence-electron chi connectivity index (χ4n) is 5.68. The summed E-state index contributed by atoms with van der Waals surface area (Å²) in [6.45, 7) is 3.48. The van der Waals surface area contributed by atoms with E-state index in [1.54, 1.807) is 36.9 Å². The summed E-state index contributed by atoms with van der Waals surface area (Å²) in [5.74, 6) is 0.932. The van der Waals surface area contributed by atoms with Gasteiger partial charge in [-0.1, -0.05) is 0 Å². The van der Waals surface area contributed by atoms with Crippen molar-refractivity contribution in [3.63, 3.8) is 0 Å². The first-order valence-electron chi connectivity index (χ1n) is 10.5. The second kappa shape index (κ2) is 7.04. The van der Waals surface area contributed by atoms with E-state index in [2.05, 4.69) is 19.9 Å². The number of anilines is 1. The first kappa shape index (κ1) is 19.0. The van der Waals surface area contributed by atoms with Crippen molar-refractivity contribution in [2.24, 2.45) is 10.8 Å². The van der Waals surface area contributed by atoms with Gasteiger partial charge in [0.15, 0.2) is 0 Å². The van der Waals surface area contributed by atoms with Crippen molar-refractivity contribution in [2.45, 2.75) is 19.3 Å². The zero-order valence-electron chi connectivity index (χ0n) is 17.2. The van der Waals surface area contributed by atoms with Crippen LogP contribution in [0.1, 0.15) is 29.6 Å². The second-order valence-electron chi connectivity index (χ2n) is 8.78. The minimum Gasteiger partial charge on any atom is -0.345 e. The Morgan fingerprint density at radius 3 is 2.40 bits per heavy atom. The molecule has 3 saturated heterocycles. The van der Waals surface area contributed by atoms with E-state index in [1.807, 2.05) is 22.9 Å². The standard InChI is InChI=1S/C22H26N6O2/c1-26-11-7-22(19(26)30)16-28(20-24-9-3-10-25-20)15-21(22)5-12-27(13-6-21)18(29)17-4-2-8-23-14-17/h2-4,8-10,14H,5-7,11-13,15-16H2,1H3/t22-/m1/s1. The molecule has 0 radical (unpaired) electrons. The van der Waals surface area contributed by atoms with Crippen LogP contribution >= 0.6 is 0 Å². The highest BCUT2D eigenvalue weighted by Gasteiger charge is 2.65. The van der Waals surface area contributed by atoms with Crippen LogP contribution in [0.15, 0.2) is 43.0 Å². The Bertz CT molecular complexity index is 945. The van der Waals surface area contributed by atoms with Crippen LogP contribution in [0.2, 0.25) is 0 Å². The summed E-state index contributed by atoms with van der Waals surface area (Å²) in [5.41, 5.74) is 0.0232. The number of fused-ring (bicyclic) bond motifs is 1. The topological polar surface area (TPSA) is 82.5 Å². The molecule has 0 saturated carbocycles. The van der Waals surface area contributed by atoms with Crippen molar-refractivity contribution in [3.05, 3.63) is 48.5 Å². The van der Waals surface area contributed by atoms with Crippen molar-refractivity contribution in [1.29, 1.82) is 0 Å². The molecule has 0 N–H and O–H groups in total. The highest BCUT2D eigenvalue weighted by Crippen LogP contribution is 2.58. The Morgan fingerprint density at radius 2 is 1.77 bits per heavy atom. The molecule has 2 aromatic heterocycles. The van der Waals surface area contributed by atoms with Crippen molar-refractivity contribution in [1.82, 2.24) is 24.8 Å². The van der Waals surface area contributed by atoms with Crippen molar-refractivity contribution >= 4 is 17.8 Å². The van der Waals surface area contributed by atoms with E-state index in [-0.39, 0.29) is 17.2 Å². The molecule has 5 rings (SSSR count). The zero-order chi connectivity index (χ0) is 20.8. The maximum absolute atomic E-state index is 13.4. The third-order valence-corrected chi connectivity index (χ3v) is 7.35. The molecule has 5 heterocycles. The lowest BCUT2D eigenvalue weighted by Gasteiger charge is -2.46. The van der Waals surface area contributed by atoms with E-state index in [0.717, 1.165) is 32.4 Å². The summed E-state index contributed by atoms with van der Waals surface area (Å²) in [7, 11) is 1.90. The average Bonchev–Trinajstić information content (AvgIpc) is 3.28. The number of hydrogen-bond donors (Lipinski definition) is 0. The molecule has 8 nitrogen and oxygen atoms in total. The number of nitrogens with zero attached hydrogens (tertiary/aromatic N) is 6. The molecule has 3 fully saturated rings. The normalized spacial score (nSPS) is 25.5. The molecular formula is C22H26N6O2. The van der Waals surface area contributed by atoms with Crippen LogP contribution in [-0.4, -0.2) is 76.3 Å². The van der Waals surface area contributed by atoms with Crippen LogP contribution in [0.3, 0.4) is 0 Å². The minimum absolute atomic E-state index is 0.0168. The van der Waals surface area contributed by atoms with Crippen LogP contribution in [0.5, 0.6) is 0 Å². The second-order valence-corrected chi connectivity index (χ2v) is 8.78. The average molecular weight is 406 g/mol. The summed E-state index contributed by atoms with van der Waals surface area (Å²) in [6.07, 6.45) is 9.25. The molecule has 0 bridgehead atoms. The van der Waals surface area contributed by atoms with Crippen molar-refractivity contribution in [3.8, 4) is 0 Å². The fourth-order valence-corrected chi connectivity index (χ4v) is 5.68. The van der Waals surface area contributed by atoms with E-state index in [0.29, 0.717) is 31.1 Å². The molecule has 3 aliphatic rings. The number of hydrogen-bond acceptors (Lipinski definition) is 6. The molecule has 0 unspecified atom stereocenters. The van der Waals surface area contributed by atoms with Gasteiger partial charge < -0.3 is 14.7 Å². The Balaban J connectivity index is 1.42. The summed E-state index contributed by atoms with van der Waals surface area (Å²) in [6, 6.07) is 5.40. The van der Waals surface area contributed by atoms with Gasteiger partial charge in [0.25, 0.3) is 5.91 Å². The van der Waals surface area contributed by atoms with Gasteiger partial charge in [-0.3, -0.25) is 14.6 Å². The summed E-state index contributed by atoms with van der Waals surface area (Å²) < 4.78 is 0. The van der Waals surface area contributed by atoms with Gasteiger partial charge in [0.1, 0.15) is 0 Å². The lowest BCUT2D eigenvalue weighted by molar-refractivity contribution is -0.140. The monoisotopic (exact) mass is 406 g/mol. The number of amides is 2. The van der Waals surface area contributed by atoms with Crippen LogP contribution in [0.4, 0.5) is 5.95 Å². The summed E-state index contributed by atoms with van der Waals surface area (Å²) in [4.78, 5) is 45.2.